The van der Waals surface area contributed by atoms with Crippen LogP contribution >= 0.6 is 15.6 Å². The zero-order valence-electron chi connectivity index (χ0n) is 14.4. The number of hydrogen-bond donors (Lipinski definition) is 5. The quantitative estimate of drug-likeness (QED) is 0.276. The summed E-state index contributed by atoms with van der Waals surface area (Å²) in [7, 11) is -9.58. The van der Waals surface area contributed by atoms with Crippen LogP contribution < -0.4 is 0 Å². The normalized spacial score (nSPS) is 23.1. The average molecular weight is 430 g/mol. The molecule has 5 N–H and O–H groups in total. The van der Waals surface area contributed by atoms with Crippen LogP contribution in [0.1, 0.15) is 33.1 Å². The van der Waals surface area contributed by atoms with Crippen LogP contribution in [0.2, 0.25) is 0 Å². The molecule has 2 rings (SSSR count). The molecule has 0 aromatic rings. The molecule has 1 aliphatic carbocycles. The molecule has 154 valence electrons. The molecule has 0 saturated carbocycles. The van der Waals surface area contributed by atoms with Crippen LogP contribution in [-0.4, -0.2) is 43.4 Å². The Labute approximate surface area is 153 Å². The summed E-state index contributed by atoms with van der Waals surface area (Å²) in [6, 6.07) is 0. The van der Waals surface area contributed by atoms with E-state index in [2.05, 4.69) is 8.83 Å². The summed E-state index contributed by atoms with van der Waals surface area (Å²) < 4.78 is 33.6. The topological polar surface area (TPSA) is 200 Å². The summed E-state index contributed by atoms with van der Waals surface area (Å²) in [6.07, 6.45) is 2.59. The summed E-state index contributed by atoms with van der Waals surface area (Å²) in [6.45, 7) is 3.22. The van der Waals surface area contributed by atoms with E-state index in [4.69, 9.17) is 29.6 Å². The lowest BCUT2D eigenvalue weighted by Gasteiger charge is -2.20. The fourth-order valence-electron chi connectivity index (χ4n) is 2.03. The monoisotopic (exact) mass is 430 g/mol. The molecule has 2 unspecified atom stereocenters. The number of allylic oxidation sites excluding steroid dienone is 1. The van der Waals surface area contributed by atoms with Gasteiger partial charge in [-0.2, -0.15) is 4.31 Å². The van der Waals surface area contributed by atoms with E-state index >= 15 is 0 Å². The van der Waals surface area contributed by atoms with Crippen molar-refractivity contribution in [2.24, 2.45) is 5.41 Å². The second kappa shape index (κ2) is 8.66. The molecular formula is C13H20O12P2. The molecule has 12 nitrogen and oxygen atoms in total. The Kier molecular flexibility index (Phi) is 7.54. The molecule has 1 aliphatic heterocycles. The standard InChI is InChI=1S/C9H8O5.C4H12O7P2/c1-9(8(12)13)3-4(7(10)11)2-5-6(9)14-5;1-2-3-4-10-13(8,9)11-12(5,6)7/h2H,3H2,1H3,(H,10,11)(H,12,13);2-4H2,1H3,(H,8,9)(H2,5,6,7). The van der Waals surface area contributed by atoms with Crippen molar-refractivity contribution in [2.75, 3.05) is 6.61 Å². The molecule has 27 heavy (non-hydrogen) atoms. The molecule has 2 atom stereocenters. The summed E-state index contributed by atoms with van der Waals surface area (Å²) >= 11 is 0. The van der Waals surface area contributed by atoms with Gasteiger partial charge in [0.2, 0.25) is 0 Å². The molecule has 1 heterocycles. The van der Waals surface area contributed by atoms with Gasteiger partial charge in [0.25, 0.3) is 0 Å². The smallest absolute Gasteiger partial charge is 0.480 e. The van der Waals surface area contributed by atoms with Crippen LogP contribution in [-0.2, 0) is 32.3 Å². The number of ether oxygens (including phenoxy) is 1. The second-order valence-electron chi connectivity index (χ2n) is 5.81. The van der Waals surface area contributed by atoms with Crippen LogP contribution in [0.4, 0.5) is 0 Å². The molecule has 0 aromatic heterocycles. The largest absolute Gasteiger partial charge is 0.481 e. The number of hydrogen-bond acceptors (Lipinski definition) is 7. The van der Waals surface area contributed by atoms with E-state index in [1.165, 1.54) is 13.0 Å². The second-order valence-corrected chi connectivity index (χ2v) is 8.64. The molecule has 0 amide bonds. The molecule has 0 fully saturated rings. The number of phosphoric ester groups is 1. The first-order valence-corrected chi connectivity index (χ1v) is 10.6. The molecule has 14 heteroatoms. The van der Waals surface area contributed by atoms with Gasteiger partial charge in [-0.05, 0) is 19.4 Å². The van der Waals surface area contributed by atoms with Crippen molar-refractivity contribution in [2.45, 2.75) is 33.1 Å². The number of carboxylic acid groups (broad SMARTS) is 2. The fourth-order valence-corrected chi connectivity index (χ4v) is 3.65. The van der Waals surface area contributed by atoms with Gasteiger partial charge in [0.1, 0.15) is 5.41 Å². The van der Waals surface area contributed by atoms with E-state index in [9.17, 15) is 18.7 Å². The lowest BCUT2D eigenvalue weighted by molar-refractivity contribution is -0.146. The Morgan fingerprint density at radius 2 is 1.85 bits per heavy atom. The third kappa shape index (κ3) is 7.19. The predicted molar refractivity (Wildman–Crippen MR) is 88.0 cm³/mol. The van der Waals surface area contributed by atoms with Crippen molar-refractivity contribution >= 4 is 27.6 Å². The van der Waals surface area contributed by atoms with Gasteiger partial charge in [-0.15, -0.1) is 0 Å². The number of rotatable bonds is 8. The van der Waals surface area contributed by atoms with Gasteiger partial charge in [0.15, 0.2) is 11.5 Å². The Balaban J connectivity index is 0.000000271. The minimum atomic E-state index is -4.97. The zero-order valence-corrected chi connectivity index (χ0v) is 16.2. The lowest BCUT2D eigenvalue weighted by Crippen LogP contribution is -2.29. The first-order chi connectivity index (χ1) is 12.2. The van der Waals surface area contributed by atoms with Crippen LogP contribution in [0.5, 0.6) is 0 Å². The lowest BCUT2D eigenvalue weighted by atomic mass is 9.80. The number of phosphoric acid groups is 2. The van der Waals surface area contributed by atoms with E-state index in [1.54, 1.807) is 0 Å². The van der Waals surface area contributed by atoms with Crippen LogP contribution in [0.3, 0.4) is 0 Å². The van der Waals surface area contributed by atoms with Gasteiger partial charge in [-0.1, -0.05) is 13.3 Å². The maximum Gasteiger partial charge on any atom is 0.481 e. The van der Waals surface area contributed by atoms with E-state index in [0.717, 1.165) is 6.42 Å². The highest BCUT2D eigenvalue weighted by Crippen LogP contribution is 2.57. The highest BCUT2D eigenvalue weighted by molar-refractivity contribution is 7.60. The van der Waals surface area contributed by atoms with Crippen LogP contribution in [0.15, 0.2) is 23.2 Å². The molecule has 2 aliphatic rings. The SMILES string of the molecule is CC1(C(=O)O)CC(C(=O)O)=CC2=C1O2.CCCCOP(=O)(O)OP(=O)(O)O. The van der Waals surface area contributed by atoms with Crippen LogP contribution in [0.25, 0.3) is 0 Å². The molecular weight excluding hydrogens is 410 g/mol. The van der Waals surface area contributed by atoms with Gasteiger partial charge in [-0.25, -0.2) is 13.9 Å². The van der Waals surface area contributed by atoms with Gasteiger partial charge in [-0.3, -0.25) is 9.32 Å². The van der Waals surface area contributed by atoms with E-state index in [1.807, 2.05) is 6.92 Å². The van der Waals surface area contributed by atoms with Crippen molar-refractivity contribution in [1.82, 2.24) is 0 Å². The first-order valence-electron chi connectivity index (χ1n) is 7.56. The highest BCUT2D eigenvalue weighted by Gasteiger charge is 2.52. The van der Waals surface area contributed by atoms with Gasteiger partial charge in [0.05, 0.1) is 6.61 Å². The summed E-state index contributed by atoms with van der Waals surface area (Å²) in [5.74, 6) is -1.39. The van der Waals surface area contributed by atoms with Crippen molar-refractivity contribution in [3.63, 3.8) is 0 Å². The summed E-state index contributed by atoms with van der Waals surface area (Å²) in [4.78, 5) is 46.7. The van der Waals surface area contributed by atoms with Crippen LogP contribution in [0, 0.1) is 5.41 Å². The van der Waals surface area contributed by atoms with Gasteiger partial charge in [0, 0.05) is 12.0 Å². The third-order valence-corrected chi connectivity index (χ3v) is 5.64. The van der Waals surface area contributed by atoms with Crippen molar-refractivity contribution < 1.29 is 57.2 Å². The number of unbranched alkanes of at least 4 members (excludes halogenated alkanes) is 1. The minimum absolute atomic E-state index is 0.0312. The van der Waals surface area contributed by atoms with Gasteiger partial charge < -0.3 is 29.6 Å². The maximum absolute atomic E-state index is 10.9. The molecule has 0 aromatic carbocycles. The average Bonchev–Trinajstić information content (AvgIpc) is 3.25. The number of carboxylic acids is 2. The number of carbonyl (C=O) groups is 2. The van der Waals surface area contributed by atoms with Crippen molar-refractivity contribution in [1.29, 1.82) is 0 Å². The summed E-state index contributed by atoms with van der Waals surface area (Å²) in [5.41, 5.74) is -1.14. The van der Waals surface area contributed by atoms with E-state index < -0.39 is 33.0 Å². The molecule has 0 radical (unpaired) electrons. The fraction of sp³-hybridized carbons (Fsp3) is 0.538. The Hall–Kier alpha value is -1.52. The van der Waals surface area contributed by atoms with E-state index in [0.29, 0.717) is 17.9 Å². The van der Waals surface area contributed by atoms with Crippen molar-refractivity contribution in [3.8, 4) is 0 Å². The molecule has 0 saturated heterocycles. The first kappa shape index (κ1) is 23.5. The van der Waals surface area contributed by atoms with Gasteiger partial charge >= 0.3 is 27.6 Å². The summed E-state index contributed by atoms with van der Waals surface area (Å²) in [5, 5.41) is 17.7. The Morgan fingerprint density at radius 3 is 2.30 bits per heavy atom. The maximum atomic E-state index is 10.9. The number of aliphatic carboxylic acids is 2. The van der Waals surface area contributed by atoms with E-state index in [-0.39, 0.29) is 18.6 Å². The predicted octanol–water partition coefficient (Wildman–Crippen LogP) is 1.75. The van der Waals surface area contributed by atoms with Crippen molar-refractivity contribution in [3.05, 3.63) is 23.2 Å². The Morgan fingerprint density at radius 1 is 1.26 bits per heavy atom. The third-order valence-electron chi connectivity index (χ3n) is 3.45. The Bertz CT molecular complexity index is 763. The highest BCUT2D eigenvalue weighted by atomic mass is 31.3. The molecule has 0 spiro atoms. The zero-order chi connectivity index (χ0) is 21.0. The minimum Gasteiger partial charge on any atom is -0.480 e. The molecule has 0 bridgehead atoms.